The largest absolute Gasteiger partial charge is 0.416 e. The fourth-order valence-corrected chi connectivity index (χ4v) is 3.20. The molecule has 8 nitrogen and oxygen atoms in total. The van der Waals surface area contributed by atoms with Crippen molar-refractivity contribution in [1.29, 1.82) is 0 Å². The Kier molecular flexibility index (Phi) is 6.42. The first-order valence-corrected chi connectivity index (χ1v) is 9.93. The number of halogens is 1. The molecule has 0 aliphatic rings. The second-order valence-corrected chi connectivity index (χ2v) is 7.72. The molecule has 1 amide bonds. The van der Waals surface area contributed by atoms with E-state index in [0.717, 1.165) is 27.4 Å². The molecular formula is C18H15BrN4O4S. The van der Waals surface area contributed by atoms with Gasteiger partial charge in [0.05, 0.1) is 17.1 Å². The van der Waals surface area contributed by atoms with Crippen LogP contribution in [0.4, 0.5) is 11.4 Å². The molecule has 2 aromatic carbocycles. The molecule has 0 atom stereocenters. The van der Waals surface area contributed by atoms with E-state index < -0.39 is 10.8 Å². The van der Waals surface area contributed by atoms with Gasteiger partial charge in [-0.05, 0) is 36.2 Å². The van der Waals surface area contributed by atoms with E-state index in [1.54, 1.807) is 13.0 Å². The van der Waals surface area contributed by atoms with Crippen molar-refractivity contribution >= 4 is 45.0 Å². The van der Waals surface area contributed by atoms with Gasteiger partial charge in [-0.25, -0.2) is 0 Å². The van der Waals surface area contributed by atoms with Gasteiger partial charge in [-0.1, -0.05) is 45.9 Å². The van der Waals surface area contributed by atoms with Crippen LogP contribution in [0, 0.1) is 17.0 Å². The topological polar surface area (TPSA) is 111 Å². The average Bonchev–Trinajstić information content (AvgIpc) is 3.10. The molecule has 1 aromatic heterocycles. The number of nitrogens with zero attached hydrogens (tertiary/aromatic N) is 3. The number of nitrogens with one attached hydrogen (secondary N) is 1. The van der Waals surface area contributed by atoms with Gasteiger partial charge in [0.1, 0.15) is 5.69 Å². The van der Waals surface area contributed by atoms with E-state index >= 15 is 0 Å². The predicted molar refractivity (Wildman–Crippen MR) is 108 cm³/mol. The lowest BCUT2D eigenvalue weighted by Gasteiger charge is -2.05. The SMILES string of the molecule is Cc1ccc(NC(=O)CSc2nnc(Cc3ccc(Br)cc3)o2)c([N+](=O)[O-])c1. The van der Waals surface area contributed by atoms with Crippen LogP contribution in [0.15, 0.2) is 56.6 Å². The molecule has 0 saturated carbocycles. The van der Waals surface area contributed by atoms with Crippen molar-refractivity contribution in [2.24, 2.45) is 0 Å². The maximum Gasteiger partial charge on any atom is 0.293 e. The number of amides is 1. The summed E-state index contributed by atoms with van der Waals surface area (Å²) in [7, 11) is 0. The van der Waals surface area contributed by atoms with Crippen molar-refractivity contribution in [3.05, 3.63) is 74.1 Å². The molecule has 0 spiro atoms. The molecule has 0 saturated heterocycles. The first-order chi connectivity index (χ1) is 13.4. The van der Waals surface area contributed by atoms with Gasteiger partial charge in [-0.3, -0.25) is 14.9 Å². The molecule has 0 unspecified atom stereocenters. The Labute approximate surface area is 173 Å². The minimum Gasteiger partial charge on any atom is -0.416 e. The number of aryl methyl sites for hydroxylation is 1. The van der Waals surface area contributed by atoms with Crippen molar-refractivity contribution in [2.45, 2.75) is 18.6 Å². The van der Waals surface area contributed by atoms with E-state index in [9.17, 15) is 14.9 Å². The van der Waals surface area contributed by atoms with Crippen LogP contribution in [0.1, 0.15) is 17.0 Å². The van der Waals surface area contributed by atoms with E-state index in [1.807, 2.05) is 24.3 Å². The van der Waals surface area contributed by atoms with Crippen molar-refractivity contribution < 1.29 is 14.1 Å². The van der Waals surface area contributed by atoms with Crippen molar-refractivity contribution in [1.82, 2.24) is 10.2 Å². The standard InChI is InChI=1S/C18H15BrN4O4S/c1-11-2-7-14(15(8-11)23(25)26)20-16(24)10-28-18-22-21-17(27-18)9-12-3-5-13(19)6-4-12/h2-8H,9-10H2,1H3,(H,20,24). The second-order valence-electron chi connectivity index (χ2n) is 5.88. The zero-order valence-corrected chi connectivity index (χ0v) is 17.1. The summed E-state index contributed by atoms with van der Waals surface area (Å²) >= 11 is 4.45. The molecular weight excluding hydrogens is 448 g/mol. The highest BCUT2D eigenvalue weighted by Crippen LogP contribution is 2.26. The van der Waals surface area contributed by atoms with Gasteiger partial charge in [-0.15, -0.1) is 10.2 Å². The van der Waals surface area contributed by atoms with Gasteiger partial charge >= 0.3 is 0 Å². The van der Waals surface area contributed by atoms with Crippen molar-refractivity contribution in [3.8, 4) is 0 Å². The molecule has 0 fully saturated rings. The minimum absolute atomic E-state index is 0.00898. The van der Waals surface area contributed by atoms with E-state index in [0.29, 0.717) is 12.3 Å². The smallest absolute Gasteiger partial charge is 0.293 e. The lowest BCUT2D eigenvalue weighted by atomic mass is 10.2. The van der Waals surface area contributed by atoms with Crippen molar-refractivity contribution in [2.75, 3.05) is 11.1 Å². The number of nitro benzene ring substituents is 1. The Morgan fingerprint density at radius 2 is 2.00 bits per heavy atom. The summed E-state index contributed by atoms with van der Waals surface area (Å²) in [5, 5.41) is 21.8. The first-order valence-electron chi connectivity index (χ1n) is 8.15. The minimum atomic E-state index is -0.526. The summed E-state index contributed by atoms with van der Waals surface area (Å²) in [4.78, 5) is 22.7. The van der Waals surface area contributed by atoms with Crippen LogP contribution in [0.5, 0.6) is 0 Å². The monoisotopic (exact) mass is 462 g/mol. The molecule has 10 heteroatoms. The predicted octanol–water partition coefficient (Wildman–Crippen LogP) is 4.37. The third kappa shape index (κ3) is 5.40. The van der Waals surface area contributed by atoms with Gasteiger partial charge in [-0.2, -0.15) is 0 Å². The summed E-state index contributed by atoms with van der Waals surface area (Å²) in [5.41, 5.74) is 1.77. The average molecular weight is 463 g/mol. The molecule has 3 rings (SSSR count). The molecule has 0 bridgehead atoms. The summed E-state index contributed by atoms with van der Waals surface area (Å²) < 4.78 is 6.52. The Balaban J connectivity index is 1.56. The van der Waals surface area contributed by atoms with Crippen LogP contribution in [0.2, 0.25) is 0 Å². The Morgan fingerprint density at radius 1 is 1.25 bits per heavy atom. The molecule has 1 N–H and O–H groups in total. The summed E-state index contributed by atoms with van der Waals surface area (Å²) in [6.45, 7) is 1.75. The van der Waals surface area contributed by atoms with E-state index in [2.05, 4.69) is 31.4 Å². The number of benzene rings is 2. The van der Waals surface area contributed by atoms with E-state index in [-0.39, 0.29) is 22.4 Å². The summed E-state index contributed by atoms with van der Waals surface area (Å²) in [5.74, 6) is 0.0364. The third-order valence-electron chi connectivity index (χ3n) is 3.67. The zero-order valence-electron chi connectivity index (χ0n) is 14.7. The molecule has 0 aliphatic heterocycles. The number of aromatic nitrogens is 2. The van der Waals surface area contributed by atoms with E-state index in [1.165, 1.54) is 12.1 Å². The fourth-order valence-electron chi connectivity index (χ4n) is 2.36. The van der Waals surface area contributed by atoms with Gasteiger partial charge in [0.2, 0.25) is 11.8 Å². The van der Waals surface area contributed by atoms with Crippen molar-refractivity contribution in [3.63, 3.8) is 0 Å². The highest BCUT2D eigenvalue weighted by atomic mass is 79.9. The maximum atomic E-state index is 12.1. The number of hydrogen-bond donors (Lipinski definition) is 1. The molecule has 28 heavy (non-hydrogen) atoms. The molecule has 0 aliphatic carbocycles. The number of nitro groups is 1. The van der Waals surface area contributed by atoms with Crippen LogP contribution < -0.4 is 5.32 Å². The lowest BCUT2D eigenvalue weighted by molar-refractivity contribution is -0.384. The normalized spacial score (nSPS) is 10.6. The maximum absolute atomic E-state index is 12.1. The first kappa shape index (κ1) is 20.0. The summed E-state index contributed by atoms with van der Waals surface area (Å²) in [6.07, 6.45) is 0.489. The Morgan fingerprint density at radius 3 is 2.71 bits per heavy atom. The van der Waals surface area contributed by atoms with Gasteiger partial charge in [0.25, 0.3) is 10.9 Å². The number of carbonyl (C=O) groups excluding carboxylic acids is 1. The number of carbonyl (C=O) groups is 1. The van der Waals surface area contributed by atoms with Crippen LogP contribution in [-0.4, -0.2) is 26.8 Å². The van der Waals surface area contributed by atoms with Gasteiger partial charge in [0.15, 0.2) is 0 Å². The zero-order chi connectivity index (χ0) is 20.1. The van der Waals surface area contributed by atoms with Crippen LogP contribution in [0.3, 0.4) is 0 Å². The van der Waals surface area contributed by atoms with Crippen LogP contribution in [-0.2, 0) is 11.2 Å². The second kappa shape index (κ2) is 8.98. The molecule has 144 valence electrons. The Hall–Kier alpha value is -2.72. The number of hydrogen-bond acceptors (Lipinski definition) is 7. The highest BCUT2D eigenvalue weighted by Gasteiger charge is 2.17. The fraction of sp³-hybridized carbons (Fsp3) is 0.167. The highest BCUT2D eigenvalue weighted by molar-refractivity contribution is 9.10. The third-order valence-corrected chi connectivity index (χ3v) is 5.01. The van der Waals surface area contributed by atoms with E-state index in [4.69, 9.17) is 4.42 Å². The molecule has 0 radical (unpaired) electrons. The van der Waals surface area contributed by atoms with Crippen LogP contribution >= 0.6 is 27.7 Å². The number of anilines is 1. The lowest BCUT2D eigenvalue weighted by Crippen LogP contribution is -2.15. The van der Waals surface area contributed by atoms with Crippen LogP contribution in [0.25, 0.3) is 0 Å². The van der Waals surface area contributed by atoms with Gasteiger partial charge in [0, 0.05) is 10.5 Å². The summed E-state index contributed by atoms with van der Waals surface area (Å²) in [6, 6.07) is 12.4. The molecule has 3 aromatic rings. The number of thioether (sulfide) groups is 1. The number of rotatable bonds is 7. The quantitative estimate of drug-likeness (QED) is 0.315. The Bertz CT molecular complexity index is 1010. The molecule has 1 heterocycles. The van der Waals surface area contributed by atoms with Gasteiger partial charge < -0.3 is 9.73 Å².